The molecule has 2 aliphatic heterocycles. The number of rotatable bonds is 4. The van der Waals surface area contributed by atoms with E-state index in [0.29, 0.717) is 25.9 Å². The van der Waals surface area contributed by atoms with Crippen LogP contribution in [0.15, 0.2) is 24.3 Å². The first kappa shape index (κ1) is 18.7. The third-order valence-electron chi connectivity index (χ3n) is 5.41. The van der Waals surface area contributed by atoms with Crippen molar-refractivity contribution in [2.24, 2.45) is 0 Å². The van der Waals surface area contributed by atoms with Gasteiger partial charge in [-0.15, -0.1) is 0 Å². The maximum atomic E-state index is 12.6. The van der Waals surface area contributed by atoms with E-state index in [0.717, 1.165) is 32.7 Å². The largest absolute Gasteiger partial charge is 0.369 e. The fourth-order valence-corrected chi connectivity index (χ4v) is 3.72. The van der Waals surface area contributed by atoms with Gasteiger partial charge in [0, 0.05) is 70.4 Å². The van der Waals surface area contributed by atoms with E-state index >= 15 is 0 Å². The predicted octanol–water partition coefficient (Wildman–Crippen LogP) is 1.24. The van der Waals surface area contributed by atoms with Gasteiger partial charge in [-0.2, -0.15) is 0 Å². The van der Waals surface area contributed by atoms with E-state index < -0.39 is 0 Å². The first-order chi connectivity index (χ1) is 12.5. The van der Waals surface area contributed by atoms with E-state index in [1.165, 1.54) is 11.3 Å². The topological polar surface area (TPSA) is 55.9 Å². The number of carbonyl (C=O) groups is 2. The maximum Gasteiger partial charge on any atom is 0.224 e. The normalized spacial score (nSPS) is 22.1. The summed E-state index contributed by atoms with van der Waals surface area (Å²) in [5.41, 5.74) is 2.58. The van der Waals surface area contributed by atoms with Crippen molar-refractivity contribution in [3.63, 3.8) is 0 Å². The van der Waals surface area contributed by atoms with Crippen LogP contribution in [0.5, 0.6) is 0 Å². The number of anilines is 1. The molecule has 0 saturated carbocycles. The Balaban J connectivity index is 1.44. The van der Waals surface area contributed by atoms with Crippen LogP contribution in [0.2, 0.25) is 0 Å². The number of amides is 2. The highest BCUT2D eigenvalue weighted by Crippen LogP contribution is 2.18. The fourth-order valence-electron chi connectivity index (χ4n) is 3.72. The number of hydrogen-bond acceptors (Lipinski definition) is 4. The lowest BCUT2D eigenvalue weighted by molar-refractivity contribution is -0.133. The zero-order valence-corrected chi connectivity index (χ0v) is 15.9. The minimum atomic E-state index is 0.0411. The summed E-state index contributed by atoms with van der Waals surface area (Å²) in [7, 11) is 0. The van der Waals surface area contributed by atoms with Crippen LogP contribution in [0.4, 0.5) is 5.69 Å². The molecule has 1 N–H and O–H groups in total. The van der Waals surface area contributed by atoms with Crippen molar-refractivity contribution in [1.29, 1.82) is 0 Å². The van der Waals surface area contributed by atoms with E-state index in [4.69, 9.17) is 0 Å². The third kappa shape index (κ3) is 4.75. The van der Waals surface area contributed by atoms with Crippen LogP contribution >= 0.6 is 0 Å². The SMILES string of the molecule is Cc1cccc(N2CCN(CCC(=O)N3CCC(=O)NC[C@H]3C)CC2)c1. The Morgan fingerprint density at radius 3 is 2.69 bits per heavy atom. The number of aryl methyl sites for hydroxylation is 1. The number of benzene rings is 1. The van der Waals surface area contributed by atoms with Crippen molar-refractivity contribution in [3.05, 3.63) is 29.8 Å². The fraction of sp³-hybridized carbons (Fsp3) is 0.600. The van der Waals surface area contributed by atoms with Crippen LogP contribution in [0.25, 0.3) is 0 Å². The molecule has 26 heavy (non-hydrogen) atoms. The second-order valence-corrected chi connectivity index (χ2v) is 7.41. The van der Waals surface area contributed by atoms with Crippen LogP contribution in [0.3, 0.4) is 0 Å². The summed E-state index contributed by atoms with van der Waals surface area (Å²) in [5, 5.41) is 2.86. The summed E-state index contributed by atoms with van der Waals surface area (Å²) >= 11 is 0. The van der Waals surface area contributed by atoms with Crippen molar-refractivity contribution in [2.45, 2.75) is 32.7 Å². The molecule has 2 saturated heterocycles. The Hall–Kier alpha value is -2.08. The predicted molar refractivity (Wildman–Crippen MR) is 103 cm³/mol. The summed E-state index contributed by atoms with van der Waals surface area (Å²) in [6, 6.07) is 8.71. The number of carbonyl (C=O) groups excluding carboxylic acids is 2. The van der Waals surface area contributed by atoms with E-state index in [1.807, 2.05) is 11.8 Å². The van der Waals surface area contributed by atoms with Gasteiger partial charge in [-0.3, -0.25) is 14.5 Å². The van der Waals surface area contributed by atoms with Crippen molar-refractivity contribution < 1.29 is 9.59 Å². The highest BCUT2D eigenvalue weighted by molar-refractivity contribution is 5.80. The molecule has 0 radical (unpaired) electrons. The first-order valence-corrected chi connectivity index (χ1v) is 9.63. The molecule has 3 rings (SSSR count). The number of nitrogens with one attached hydrogen (secondary N) is 1. The lowest BCUT2D eigenvalue weighted by atomic mass is 10.2. The van der Waals surface area contributed by atoms with Crippen LogP contribution in [-0.2, 0) is 9.59 Å². The van der Waals surface area contributed by atoms with E-state index in [2.05, 4.69) is 46.3 Å². The molecule has 1 atom stereocenters. The molecule has 2 aliphatic rings. The molecule has 0 unspecified atom stereocenters. The van der Waals surface area contributed by atoms with Gasteiger partial charge >= 0.3 is 0 Å². The molecule has 0 aromatic heterocycles. The van der Waals surface area contributed by atoms with Crippen LogP contribution in [0.1, 0.15) is 25.3 Å². The van der Waals surface area contributed by atoms with Gasteiger partial charge in [-0.05, 0) is 31.5 Å². The van der Waals surface area contributed by atoms with Gasteiger partial charge in [0.05, 0.1) is 0 Å². The molecule has 142 valence electrons. The molecule has 2 amide bonds. The van der Waals surface area contributed by atoms with Gasteiger partial charge in [0.25, 0.3) is 0 Å². The van der Waals surface area contributed by atoms with Gasteiger partial charge in [0.2, 0.25) is 11.8 Å². The molecule has 1 aromatic carbocycles. The highest BCUT2D eigenvalue weighted by Gasteiger charge is 2.25. The molecular formula is C20H30N4O2. The minimum absolute atomic E-state index is 0.0411. The summed E-state index contributed by atoms with van der Waals surface area (Å²) in [4.78, 5) is 30.7. The van der Waals surface area contributed by atoms with Crippen molar-refractivity contribution >= 4 is 17.5 Å². The summed E-state index contributed by atoms with van der Waals surface area (Å²) in [6.45, 7) is 9.97. The molecule has 0 bridgehead atoms. The second-order valence-electron chi connectivity index (χ2n) is 7.41. The average molecular weight is 358 g/mol. The van der Waals surface area contributed by atoms with Crippen LogP contribution in [0, 0.1) is 6.92 Å². The molecule has 6 heteroatoms. The molecule has 0 spiro atoms. The lowest BCUT2D eigenvalue weighted by Crippen LogP contribution is -2.48. The highest BCUT2D eigenvalue weighted by atomic mass is 16.2. The quantitative estimate of drug-likeness (QED) is 0.880. The monoisotopic (exact) mass is 358 g/mol. The van der Waals surface area contributed by atoms with Crippen molar-refractivity contribution in [1.82, 2.24) is 15.1 Å². The standard InChI is InChI=1S/C20H30N4O2/c1-16-4-3-5-18(14-16)23-12-10-22(11-13-23)8-7-20(26)24-9-6-19(25)21-15-17(24)2/h3-5,14,17H,6-13,15H2,1-2H3,(H,21,25)/t17-/m1/s1. The first-order valence-electron chi connectivity index (χ1n) is 9.63. The van der Waals surface area contributed by atoms with Crippen molar-refractivity contribution in [2.75, 3.05) is 50.7 Å². The minimum Gasteiger partial charge on any atom is -0.369 e. The van der Waals surface area contributed by atoms with Gasteiger partial charge in [0.15, 0.2) is 0 Å². The zero-order chi connectivity index (χ0) is 18.5. The van der Waals surface area contributed by atoms with Gasteiger partial charge < -0.3 is 15.1 Å². The second kappa shape index (κ2) is 8.54. The molecule has 1 aromatic rings. The van der Waals surface area contributed by atoms with Crippen LogP contribution in [-0.4, -0.2) is 73.5 Å². The number of nitrogens with zero attached hydrogens (tertiary/aromatic N) is 3. The smallest absolute Gasteiger partial charge is 0.224 e. The van der Waals surface area contributed by atoms with Crippen molar-refractivity contribution in [3.8, 4) is 0 Å². The molecule has 0 aliphatic carbocycles. The number of hydrogen-bond donors (Lipinski definition) is 1. The van der Waals surface area contributed by atoms with E-state index in [-0.39, 0.29) is 17.9 Å². The summed E-state index contributed by atoms with van der Waals surface area (Å²) in [5.74, 6) is 0.203. The summed E-state index contributed by atoms with van der Waals surface area (Å²) < 4.78 is 0. The maximum absolute atomic E-state index is 12.6. The third-order valence-corrected chi connectivity index (χ3v) is 5.41. The Labute approximate surface area is 156 Å². The van der Waals surface area contributed by atoms with Gasteiger partial charge in [-0.1, -0.05) is 12.1 Å². The van der Waals surface area contributed by atoms with Gasteiger partial charge in [-0.25, -0.2) is 0 Å². The molecule has 2 heterocycles. The Morgan fingerprint density at radius 1 is 1.19 bits per heavy atom. The Kier molecular flexibility index (Phi) is 6.14. The average Bonchev–Trinajstić information content (AvgIpc) is 2.81. The van der Waals surface area contributed by atoms with E-state index in [1.54, 1.807) is 0 Å². The Bertz CT molecular complexity index is 640. The number of piperazine rings is 1. The van der Waals surface area contributed by atoms with Gasteiger partial charge in [0.1, 0.15) is 0 Å². The molecule has 6 nitrogen and oxygen atoms in total. The molecule has 2 fully saturated rings. The Morgan fingerprint density at radius 2 is 1.96 bits per heavy atom. The summed E-state index contributed by atoms with van der Waals surface area (Å²) in [6.07, 6.45) is 0.939. The zero-order valence-electron chi connectivity index (χ0n) is 15.9. The molecular weight excluding hydrogens is 328 g/mol. The van der Waals surface area contributed by atoms with Crippen LogP contribution < -0.4 is 10.2 Å². The van der Waals surface area contributed by atoms with E-state index in [9.17, 15) is 9.59 Å². The lowest BCUT2D eigenvalue weighted by Gasteiger charge is -2.36.